The van der Waals surface area contributed by atoms with E-state index in [1.165, 1.54) is 0 Å². The number of hydrogen-bond acceptors (Lipinski definition) is 5. The monoisotopic (exact) mass is 497 g/mol. The van der Waals surface area contributed by atoms with Gasteiger partial charge in [-0.2, -0.15) is 5.26 Å². The van der Waals surface area contributed by atoms with E-state index in [1.54, 1.807) is 12.3 Å². The van der Waals surface area contributed by atoms with Gasteiger partial charge in [0.1, 0.15) is 5.82 Å². The van der Waals surface area contributed by atoms with E-state index < -0.39 is 0 Å². The lowest BCUT2D eigenvalue weighted by molar-refractivity contribution is 0.121. The maximum atomic E-state index is 9.39. The summed E-state index contributed by atoms with van der Waals surface area (Å²) < 4.78 is 0. The highest BCUT2D eigenvalue weighted by Gasteiger charge is 2.32. The summed E-state index contributed by atoms with van der Waals surface area (Å²) in [6.07, 6.45) is 7.98. The van der Waals surface area contributed by atoms with E-state index in [0.717, 1.165) is 17.0 Å². The third-order valence-corrected chi connectivity index (χ3v) is 6.58. The molecule has 9 heteroatoms. The summed E-state index contributed by atoms with van der Waals surface area (Å²) in [5, 5.41) is 13.2. The summed E-state index contributed by atoms with van der Waals surface area (Å²) in [6.45, 7) is 12.1. The van der Waals surface area contributed by atoms with Crippen molar-refractivity contribution in [3.05, 3.63) is 64.1 Å². The Balaban J connectivity index is 1.84. The van der Waals surface area contributed by atoms with Crippen molar-refractivity contribution in [1.82, 2.24) is 15.1 Å². The number of hydrogen-bond donors (Lipinski definition) is 1. The SMILES string of the molecule is C=N/C(=C\N=C1C=C(Cl)C(Cl)=CC1)N1CCN(C(=Nc2ccccc2C)NC#N)C(C(C)C)C1. The lowest BCUT2D eigenvalue weighted by Crippen LogP contribution is -2.58. The molecule has 1 N–H and O–H groups in total. The summed E-state index contributed by atoms with van der Waals surface area (Å²) in [5.41, 5.74) is 2.69. The Kier molecular flexibility index (Phi) is 8.91. The lowest BCUT2D eigenvalue weighted by Gasteiger charge is -2.45. The highest BCUT2D eigenvalue weighted by molar-refractivity contribution is 6.45. The standard InChI is InChI=1S/C25H29Cl2N7/c1-17(2)23-15-33(24(29-4)14-30-19-9-10-20(26)21(27)13-19)11-12-34(23)25(31-16-28)32-22-8-6-5-7-18(22)3/h5-8,10,13-14,17,23H,4,9,11-12,15H2,1-3H3,(H,31,32)/b24-14+,30-19?. The van der Waals surface area contributed by atoms with Crippen molar-refractivity contribution < 1.29 is 0 Å². The highest BCUT2D eigenvalue weighted by atomic mass is 35.5. The van der Waals surface area contributed by atoms with E-state index in [0.29, 0.717) is 53.8 Å². The fourth-order valence-corrected chi connectivity index (χ4v) is 4.22. The minimum atomic E-state index is 0.0981. The van der Waals surface area contributed by atoms with E-state index in [9.17, 15) is 5.26 Å². The number of allylic oxidation sites excluding steroid dienone is 4. The molecule has 1 unspecified atom stereocenters. The summed E-state index contributed by atoms with van der Waals surface area (Å²) >= 11 is 12.1. The van der Waals surface area contributed by atoms with Crippen molar-refractivity contribution in [1.29, 1.82) is 5.26 Å². The van der Waals surface area contributed by atoms with Gasteiger partial charge in [-0.15, -0.1) is 0 Å². The van der Waals surface area contributed by atoms with Gasteiger partial charge in [-0.3, -0.25) is 10.3 Å². The number of nitrogens with zero attached hydrogens (tertiary/aromatic N) is 6. The quantitative estimate of drug-likeness (QED) is 0.259. The second-order valence-electron chi connectivity index (χ2n) is 8.42. The smallest absolute Gasteiger partial charge is 0.212 e. The molecule has 0 spiro atoms. The maximum absolute atomic E-state index is 9.39. The van der Waals surface area contributed by atoms with Crippen LogP contribution in [-0.2, 0) is 0 Å². The van der Waals surface area contributed by atoms with Gasteiger partial charge in [-0.05, 0) is 37.3 Å². The van der Waals surface area contributed by atoms with Gasteiger partial charge in [-0.25, -0.2) is 9.98 Å². The Morgan fingerprint density at radius 1 is 1.26 bits per heavy atom. The third kappa shape index (κ3) is 6.28. The Hall–Kier alpha value is -3.08. The molecule has 34 heavy (non-hydrogen) atoms. The van der Waals surface area contributed by atoms with Crippen molar-refractivity contribution in [2.24, 2.45) is 20.9 Å². The number of guanidine groups is 1. The first-order chi connectivity index (χ1) is 16.3. The molecule has 0 radical (unpaired) electrons. The van der Waals surface area contributed by atoms with Crippen LogP contribution in [0.1, 0.15) is 25.8 Å². The van der Waals surface area contributed by atoms with Crippen LogP contribution in [0, 0.1) is 24.3 Å². The van der Waals surface area contributed by atoms with Crippen LogP contribution in [0.15, 0.2) is 73.5 Å². The third-order valence-electron chi connectivity index (χ3n) is 5.81. The van der Waals surface area contributed by atoms with Crippen molar-refractivity contribution in [3.8, 4) is 6.19 Å². The molecule has 178 valence electrons. The van der Waals surface area contributed by atoms with E-state index >= 15 is 0 Å². The van der Waals surface area contributed by atoms with Crippen LogP contribution in [-0.4, -0.2) is 53.9 Å². The minimum absolute atomic E-state index is 0.0981. The maximum Gasteiger partial charge on any atom is 0.212 e. The lowest BCUT2D eigenvalue weighted by atomic mass is 10.00. The van der Waals surface area contributed by atoms with Crippen molar-refractivity contribution in [2.75, 3.05) is 19.6 Å². The van der Waals surface area contributed by atoms with Gasteiger partial charge in [-0.1, -0.05) is 61.3 Å². The van der Waals surface area contributed by atoms with Gasteiger partial charge in [0.25, 0.3) is 0 Å². The predicted octanol–water partition coefficient (Wildman–Crippen LogP) is 5.29. The highest BCUT2D eigenvalue weighted by Crippen LogP contribution is 2.25. The second kappa shape index (κ2) is 11.9. The molecule has 0 bridgehead atoms. The van der Waals surface area contributed by atoms with E-state index in [1.807, 2.05) is 43.5 Å². The summed E-state index contributed by atoms with van der Waals surface area (Å²) in [6, 6.07) is 7.97. The summed E-state index contributed by atoms with van der Waals surface area (Å²) in [4.78, 5) is 17.9. The molecule has 3 rings (SSSR count). The topological polar surface area (TPSA) is 79.4 Å². The molecule has 2 aliphatic rings. The molecule has 1 atom stereocenters. The van der Waals surface area contributed by atoms with Crippen molar-refractivity contribution >= 4 is 47.3 Å². The first kappa shape index (κ1) is 25.5. The van der Waals surface area contributed by atoms with Crippen LogP contribution in [0.25, 0.3) is 0 Å². The fraction of sp³-hybridized carbons (Fsp3) is 0.360. The van der Waals surface area contributed by atoms with Crippen molar-refractivity contribution in [2.45, 2.75) is 33.2 Å². The zero-order chi connectivity index (χ0) is 24.7. The first-order valence-electron chi connectivity index (χ1n) is 11.1. The van der Waals surface area contributed by atoms with Crippen LogP contribution in [0.4, 0.5) is 5.69 Å². The van der Waals surface area contributed by atoms with E-state index in [-0.39, 0.29) is 6.04 Å². The molecular formula is C25H29Cl2N7. The van der Waals surface area contributed by atoms with E-state index in [2.05, 4.69) is 45.7 Å². The largest absolute Gasteiger partial charge is 0.352 e. The molecule has 0 saturated carbocycles. The van der Waals surface area contributed by atoms with Crippen LogP contribution in [0.2, 0.25) is 0 Å². The average Bonchev–Trinajstić information content (AvgIpc) is 2.82. The van der Waals surface area contributed by atoms with Gasteiger partial charge in [0.2, 0.25) is 5.96 Å². The van der Waals surface area contributed by atoms with Gasteiger partial charge >= 0.3 is 0 Å². The number of aryl methyl sites for hydroxylation is 1. The molecule has 1 fully saturated rings. The average molecular weight is 498 g/mol. The molecule has 1 aliphatic heterocycles. The summed E-state index contributed by atoms with van der Waals surface area (Å²) in [5.74, 6) is 1.54. The fourth-order valence-electron chi connectivity index (χ4n) is 3.89. The number of rotatable bonds is 5. The zero-order valence-electron chi connectivity index (χ0n) is 19.7. The van der Waals surface area contributed by atoms with E-state index in [4.69, 9.17) is 28.2 Å². The number of para-hydroxylation sites is 1. The molecule has 1 heterocycles. The van der Waals surface area contributed by atoms with Crippen molar-refractivity contribution in [3.63, 3.8) is 0 Å². The minimum Gasteiger partial charge on any atom is -0.352 e. The molecule has 1 saturated heterocycles. The first-order valence-corrected chi connectivity index (χ1v) is 11.9. The molecule has 1 aromatic rings. The summed E-state index contributed by atoms with van der Waals surface area (Å²) in [7, 11) is 0. The van der Waals surface area contributed by atoms with Crippen LogP contribution >= 0.6 is 23.2 Å². The molecule has 1 aromatic carbocycles. The Morgan fingerprint density at radius 3 is 2.68 bits per heavy atom. The van der Waals surface area contributed by atoms with Crippen LogP contribution < -0.4 is 5.32 Å². The van der Waals surface area contributed by atoms with Crippen LogP contribution in [0.5, 0.6) is 0 Å². The number of nitriles is 1. The number of piperazine rings is 1. The Bertz CT molecular complexity index is 1110. The second-order valence-corrected chi connectivity index (χ2v) is 9.24. The van der Waals surface area contributed by atoms with Crippen LogP contribution in [0.3, 0.4) is 0 Å². The molecule has 1 aliphatic carbocycles. The molecule has 0 amide bonds. The Morgan fingerprint density at radius 2 is 2.03 bits per heavy atom. The Labute approximate surface area is 211 Å². The van der Waals surface area contributed by atoms with Gasteiger partial charge in [0.05, 0.1) is 28.0 Å². The molecule has 7 nitrogen and oxygen atoms in total. The molecule has 0 aromatic heterocycles. The molecular weight excluding hydrogens is 469 g/mol. The number of halogens is 2. The van der Waals surface area contributed by atoms with Gasteiger partial charge in [0.15, 0.2) is 6.19 Å². The zero-order valence-corrected chi connectivity index (χ0v) is 21.2. The van der Waals surface area contributed by atoms with Gasteiger partial charge < -0.3 is 9.80 Å². The number of aliphatic imine (C=N–C) groups is 3. The van der Waals surface area contributed by atoms with Gasteiger partial charge in [0, 0.05) is 31.8 Å². The predicted molar refractivity (Wildman–Crippen MR) is 141 cm³/mol. The number of benzene rings is 1. The normalized spacial score (nSPS) is 20.7. The number of nitrogens with one attached hydrogen (secondary N) is 1.